The molecule has 18 heavy (non-hydrogen) atoms. The van der Waals surface area contributed by atoms with Crippen molar-refractivity contribution in [1.82, 2.24) is 4.98 Å². The Morgan fingerprint density at radius 1 is 1.39 bits per heavy atom. The molecule has 0 aliphatic heterocycles. The molecule has 0 aliphatic carbocycles. The molecule has 2 aromatic rings. The van der Waals surface area contributed by atoms with Crippen molar-refractivity contribution < 1.29 is 4.79 Å². The normalized spacial score (nSPS) is 10.2. The number of nitrogens with one attached hydrogen (secondary N) is 1. The largest absolute Gasteiger partial charge is 0.306 e. The van der Waals surface area contributed by atoms with Crippen LogP contribution in [0.25, 0.3) is 0 Å². The number of halogens is 2. The van der Waals surface area contributed by atoms with Crippen LogP contribution in [0.4, 0.5) is 5.82 Å². The van der Waals surface area contributed by atoms with Gasteiger partial charge in [-0.1, -0.05) is 17.7 Å². The highest BCUT2D eigenvalue weighted by molar-refractivity contribution is 9.10. The monoisotopic (exact) mass is 324 g/mol. The summed E-state index contributed by atoms with van der Waals surface area (Å²) in [5.74, 6) is 0.193. The van der Waals surface area contributed by atoms with Gasteiger partial charge in [-0.25, -0.2) is 4.98 Å². The lowest BCUT2D eigenvalue weighted by Crippen LogP contribution is -2.13. The zero-order valence-corrected chi connectivity index (χ0v) is 11.9. The van der Waals surface area contributed by atoms with Crippen molar-refractivity contribution in [2.45, 2.75) is 6.92 Å². The number of anilines is 1. The van der Waals surface area contributed by atoms with E-state index in [4.69, 9.17) is 11.6 Å². The molecule has 1 heterocycles. The summed E-state index contributed by atoms with van der Waals surface area (Å²) in [6.45, 7) is 1.92. The fraction of sp³-hybridized carbons (Fsp3) is 0.0769. The molecule has 1 N–H and O–H groups in total. The highest BCUT2D eigenvalue weighted by Gasteiger charge is 2.12. The molecule has 0 saturated heterocycles. The van der Waals surface area contributed by atoms with Gasteiger partial charge in [-0.3, -0.25) is 4.79 Å². The second kappa shape index (κ2) is 5.50. The molecule has 2 rings (SSSR count). The Bertz CT molecular complexity index is 601. The summed E-state index contributed by atoms with van der Waals surface area (Å²) >= 11 is 9.35. The summed E-state index contributed by atoms with van der Waals surface area (Å²) in [5, 5.41) is 3.14. The van der Waals surface area contributed by atoms with Crippen molar-refractivity contribution in [1.29, 1.82) is 0 Å². The summed E-state index contributed by atoms with van der Waals surface area (Å²) in [5.41, 5.74) is 1.44. The standard InChI is InChI=1S/C13H10BrClN2O/c1-8-4-5-9(11(15)7-8)13(18)17-12-10(14)3-2-6-16-12/h2-7H,1H3,(H,16,17,18). The van der Waals surface area contributed by atoms with Gasteiger partial charge in [0.05, 0.1) is 15.1 Å². The van der Waals surface area contributed by atoms with Crippen molar-refractivity contribution in [2.24, 2.45) is 0 Å². The van der Waals surface area contributed by atoms with Crippen molar-refractivity contribution >= 4 is 39.3 Å². The van der Waals surface area contributed by atoms with Crippen LogP contribution in [0, 0.1) is 6.92 Å². The second-order valence-corrected chi connectivity index (χ2v) is 5.03. The SMILES string of the molecule is Cc1ccc(C(=O)Nc2ncccc2Br)c(Cl)c1. The Labute approximate surface area is 118 Å². The van der Waals surface area contributed by atoms with Crippen molar-refractivity contribution in [2.75, 3.05) is 5.32 Å². The third kappa shape index (κ3) is 2.89. The number of hydrogen-bond donors (Lipinski definition) is 1. The van der Waals surface area contributed by atoms with E-state index in [1.165, 1.54) is 0 Å². The minimum Gasteiger partial charge on any atom is -0.306 e. The van der Waals surface area contributed by atoms with Crippen LogP contribution in [-0.2, 0) is 0 Å². The number of rotatable bonds is 2. The lowest BCUT2D eigenvalue weighted by atomic mass is 10.1. The van der Waals surface area contributed by atoms with Gasteiger partial charge in [-0.2, -0.15) is 0 Å². The number of pyridine rings is 1. The van der Waals surface area contributed by atoms with E-state index in [2.05, 4.69) is 26.2 Å². The van der Waals surface area contributed by atoms with E-state index in [1.807, 2.05) is 13.0 Å². The van der Waals surface area contributed by atoms with Gasteiger partial charge in [0.15, 0.2) is 0 Å². The third-order valence-corrected chi connectivity index (χ3v) is 3.31. The first-order valence-electron chi connectivity index (χ1n) is 5.26. The average molecular weight is 326 g/mol. The molecule has 0 fully saturated rings. The highest BCUT2D eigenvalue weighted by atomic mass is 79.9. The molecular weight excluding hydrogens is 316 g/mol. The average Bonchev–Trinajstić information content (AvgIpc) is 2.32. The summed E-state index contributed by atoms with van der Waals surface area (Å²) < 4.78 is 0.724. The molecule has 1 aromatic carbocycles. The quantitative estimate of drug-likeness (QED) is 0.905. The number of aryl methyl sites for hydroxylation is 1. The molecule has 5 heteroatoms. The second-order valence-electron chi connectivity index (χ2n) is 3.77. The number of carbonyl (C=O) groups is 1. The van der Waals surface area contributed by atoms with Gasteiger partial charge in [0.1, 0.15) is 5.82 Å². The first kappa shape index (κ1) is 13.1. The summed E-state index contributed by atoms with van der Waals surface area (Å²) in [6.07, 6.45) is 1.61. The van der Waals surface area contributed by atoms with Crippen molar-refractivity contribution in [3.8, 4) is 0 Å². The van der Waals surface area contributed by atoms with Gasteiger partial charge in [-0.05, 0) is 52.7 Å². The van der Waals surface area contributed by atoms with E-state index < -0.39 is 0 Å². The number of nitrogens with zero attached hydrogens (tertiary/aromatic N) is 1. The zero-order valence-electron chi connectivity index (χ0n) is 9.58. The fourth-order valence-corrected chi connectivity index (χ4v) is 2.13. The Morgan fingerprint density at radius 3 is 2.83 bits per heavy atom. The Kier molecular flexibility index (Phi) is 3.99. The predicted molar refractivity (Wildman–Crippen MR) is 76.1 cm³/mol. The van der Waals surface area contributed by atoms with Gasteiger partial charge in [-0.15, -0.1) is 0 Å². The maximum Gasteiger partial charge on any atom is 0.258 e. The first-order valence-corrected chi connectivity index (χ1v) is 6.43. The summed E-state index contributed by atoms with van der Waals surface area (Å²) in [7, 11) is 0. The maximum absolute atomic E-state index is 12.0. The number of hydrogen-bond acceptors (Lipinski definition) is 2. The Hall–Kier alpha value is -1.39. The summed E-state index contributed by atoms with van der Waals surface area (Å²) in [4.78, 5) is 16.1. The van der Waals surface area contributed by atoms with Crippen LogP contribution in [-0.4, -0.2) is 10.9 Å². The smallest absolute Gasteiger partial charge is 0.258 e. The number of carbonyl (C=O) groups excluding carboxylic acids is 1. The van der Waals surface area contributed by atoms with Gasteiger partial charge in [0.2, 0.25) is 0 Å². The molecule has 0 aliphatic rings. The van der Waals surface area contributed by atoms with Crippen molar-refractivity contribution in [3.05, 3.63) is 57.2 Å². The number of benzene rings is 1. The van der Waals surface area contributed by atoms with Crippen LogP contribution in [0.3, 0.4) is 0 Å². The topological polar surface area (TPSA) is 42.0 Å². The molecule has 1 aromatic heterocycles. The third-order valence-electron chi connectivity index (χ3n) is 2.36. The maximum atomic E-state index is 12.0. The minimum atomic E-state index is -0.278. The molecule has 3 nitrogen and oxygen atoms in total. The highest BCUT2D eigenvalue weighted by Crippen LogP contribution is 2.22. The van der Waals surface area contributed by atoms with E-state index in [9.17, 15) is 4.79 Å². The van der Waals surface area contributed by atoms with Gasteiger partial charge in [0.25, 0.3) is 5.91 Å². The van der Waals surface area contributed by atoms with Crippen LogP contribution < -0.4 is 5.32 Å². The molecule has 1 amide bonds. The fourth-order valence-electron chi connectivity index (χ4n) is 1.46. The zero-order chi connectivity index (χ0) is 13.1. The van der Waals surface area contributed by atoms with Gasteiger partial charge >= 0.3 is 0 Å². The molecule has 0 atom stereocenters. The van der Waals surface area contributed by atoms with E-state index in [1.54, 1.807) is 30.5 Å². The van der Waals surface area contributed by atoms with E-state index in [-0.39, 0.29) is 5.91 Å². The number of amides is 1. The van der Waals surface area contributed by atoms with Crippen LogP contribution in [0.15, 0.2) is 41.0 Å². The minimum absolute atomic E-state index is 0.278. The van der Waals surface area contributed by atoms with Crippen LogP contribution in [0.1, 0.15) is 15.9 Å². The lowest BCUT2D eigenvalue weighted by Gasteiger charge is -2.07. The van der Waals surface area contributed by atoms with Crippen LogP contribution in [0.2, 0.25) is 5.02 Å². The first-order chi connectivity index (χ1) is 8.58. The van der Waals surface area contributed by atoms with Gasteiger partial charge in [0, 0.05) is 6.20 Å². The number of aromatic nitrogens is 1. The van der Waals surface area contributed by atoms with E-state index in [0.717, 1.165) is 10.0 Å². The van der Waals surface area contributed by atoms with E-state index >= 15 is 0 Å². The molecule has 0 saturated carbocycles. The van der Waals surface area contributed by atoms with Crippen LogP contribution in [0.5, 0.6) is 0 Å². The predicted octanol–water partition coefficient (Wildman–Crippen LogP) is 4.06. The molecule has 0 bridgehead atoms. The molecule has 0 unspecified atom stereocenters. The molecule has 92 valence electrons. The van der Waals surface area contributed by atoms with Crippen LogP contribution >= 0.6 is 27.5 Å². The Morgan fingerprint density at radius 2 is 2.17 bits per heavy atom. The van der Waals surface area contributed by atoms with Gasteiger partial charge < -0.3 is 5.32 Å². The molecular formula is C13H10BrClN2O. The lowest BCUT2D eigenvalue weighted by molar-refractivity contribution is 0.102. The van der Waals surface area contributed by atoms with E-state index in [0.29, 0.717) is 16.4 Å². The molecule has 0 spiro atoms. The van der Waals surface area contributed by atoms with Crippen molar-refractivity contribution in [3.63, 3.8) is 0 Å². The molecule has 0 radical (unpaired) electrons. The summed E-state index contributed by atoms with van der Waals surface area (Å²) in [6, 6.07) is 8.87. The Balaban J connectivity index is 2.25.